The largest absolute Gasteiger partial charge is 0.349 e. The minimum atomic E-state index is 0.118. The first kappa shape index (κ1) is 12.4. The van der Waals surface area contributed by atoms with E-state index >= 15 is 0 Å². The van der Waals surface area contributed by atoms with Gasteiger partial charge < -0.3 is 5.32 Å². The smallest absolute Gasteiger partial charge is 0.220 e. The van der Waals surface area contributed by atoms with E-state index in [9.17, 15) is 4.79 Å². The van der Waals surface area contributed by atoms with Gasteiger partial charge in [0.05, 0.1) is 6.04 Å². The number of fused-ring (bicyclic) bond motifs is 1. The van der Waals surface area contributed by atoms with E-state index in [4.69, 9.17) is 11.6 Å². The van der Waals surface area contributed by atoms with Crippen molar-refractivity contribution in [3.8, 4) is 0 Å². The first-order chi connectivity index (χ1) is 8.31. The summed E-state index contributed by atoms with van der Waals surface area (Å²) in [6, 6.07) is 8.59. The topological polar surface area (TPSA) is 29.1 Å². The standard InChI is InChI=1S/C14H18ClNO/c15-10-4-9-14(17)16-13-8-3-6-11-5-1-2-7-12(11)13/h1-2,5,7,13H,3-4,6,8-10H2,(H,16,17)/t13-/m0/s1. The molecule has 1 aromatic carbocycles. The van der Waals surface area contributed by atoms with Crippen LogP contribution in [0.25, 0.3) is 0 Å². The summed E-state index contributed by atoms with van der Waals surface area (Å²) in [6.45, 7) is 0. The number of alkyl halides is 1. The van der Waals surface area contributed by atoms with Crippen molar-refractivity contribution in [2.45, 2.75) is 38.1 Å². The van der Waals surface area contributed by atoms with Gasteiger partial charge in [-0.15, -0.1) is 11.6 Å². The van der Waals surface area contributed by atoms with Crippen LogP contribution >= 0.6 is 11.6 Å². The summed E-state index contributed by atoms with van der Waals surface area (Å²) in [6.07, 6.45) is 4.61. The van der Waals surface area contributed by atoms with Crippen molar-refractivity contribution in [2.24, 2.45) is 0 Å². The highest BCUT2D eigenvalue weighted by Crippen LogP contribution is 2.29. The van der Waals surface area contributed by atoms with Crippen molar-refractivity contribution in [2.75, 3.05) is 5.88 Å². The lowest BCUT2D eigenvalue weighted by atomic mass is 9.87. The van der Waals surface area contributed by atoms with Crippen molar-refractivity contribution in [1.82, 2.24) is 5.32 Å². The summed E-state index contributed by atoms with van der Waals surface area (Å²) in [7, 11) is 0. The number of carbonyl (C=O) groups is 1. The molecular formula is C14H18ClNO. The SMILES string of the molecule is O=C(CCCCl)N[C@H]1CCCc2ccccc21. The maximum absolute atomic E-state index is 11.7. The molecule has 92 valence electrons. The second-order valence-electron chi connectivity index (χ2n) is 4.50. The third-order valence-corrected chi connectivity index (χ3v) is 3.51. The Labute approximate surface area is 107 Å². The number of hydrogen-bond donors (Lipinski definition) is 1. The summed E-state index contributed by atoms with van der Waals surface area (Å²) in [5.74, 6) is 0.668. The maximum atomic E-state index is 11.7. The van der Waals surface area contributed by atoms with E-state index in [2.05, 4.69) is 23.5 Å². The third kappa shape index (κ3) is 3.22. The van der Waals surface area contributed by atoms with Crippen molar-refractivity contribution >= 4 is 17.5 Å². The highest BCUT2D eigenvalue weighted by atomic mass is 35.5. The van der Waals surface area contributed by atoms with Crippen LogP contribution in [0, 0.1) is 0 Å². The number of benzene rings is 1. The average Bonchev–Trinajstić information content (AvgIpc) is 2.37. The quantitative estimate of drug-likeness (QED) is 0.818. The number of hydrogen-bond acceptors (Lipinski definition) is 1. The fourth-order valence-corrected chi connectivity index (χ4v) is 2.53. The molecule has 1 atom stereocenters. The lowest BCUT2D eigenvalue weighted by molar-refractivity contribution is -0.121. The van der Waals surface area contributed by atoms with Gasteiger partial charge in [-0.3, -0.25) is 4.79 Å². The van der Waals surface area contributed by atoms with Crippen molar-refractivity contribution in [3.63, 3.8) is 0 Å². The number of rotatable bonds is 4. The van der Waals surface area contributed by atoms with Gasteiger partial charge in [-0.25, -0.2) is 0 Å². The molecule has 2 nitrogen and oxygen atoms in total. The van der Waals surface area contributed by atoms with Gasteiger partial charge >= 0.3 is 0 Å². The fourth-order valence-electron chi connectivity index (χ4n) is 2.40. The predicted molar refractivity (Wildman–Crippen MR) is 70.2 cm³/mol. The average molecular weight is 252 g/mol. The minimum absolute atomic E-state index is 0.118. The molecule has 0 radical (unpaired) electrons. The number of aryl methyl sites for hydroxylation is 1. The Morgan fingerprint density at radius 1 is 1.41 bits per heavy atom. The summed E-state index contributed by atoms with van der Waals surface area (Å²) < 4.78 is 0. The molecule has 1 aliphatic carbocycles. The van der Waals surface area contributed by atoms with E-state index in [0.29, 0.717) is 12.3 Å². The van der Waals surface area contributed by atoms with E-state index in [-0.39, 0.29) is 11.9 Å². The maximum Gasteiger partial charge on any atom is 0.220 e. The number of amides is 1. The van der Waals surface area contributed by atoms with Crippen molar-refractivity contribution < 1.29 is 4.79 Å². The van der Waals surface area contributed by atoms with E-state index in [1.807, 2.05) is 6.07 Å². The number of nitrogens with one attached hydrogen (secondary N) is 1. The summed E-state index contributed by atoms with van der Waals surface area (Å²) in [4.78, 5) is 11.7. The Morgan fingerprint density at radius 2 is 2.24 bits per heavy atom. The molecule has 3 heteroatoms. The van der Waals surface area contributed by atoms with E-state index in [1.165, 1.54) is 11.1 Å². The molecule has 0 unspecified atom stereocenters. The molecule has 0 bridgehead atoms. The van der Waals surface area contributed by atoms with Crippen molar-refractivity contribution in [3.05, 3.63) is 35.4 Å². The van der Waals surface area contributed by atoms with Gasteiger partial charge in [0.1, 0.15) is 0 Å². The molecule has 0 heterocycles. The molecule has 1 N–H and O–H groups in total. The Hall–Kier alpha value is -1.02. The van der Waals surface area contributed by atoms with Gasteiger partial charge in [-0.2, -0.15) is 0 Å². The van der Waals surface area contributed by atoms with Gasteiger partial charge in [-0.05, 0) is 36.8 Å². The van der Waals surface area contributed by atoms with Crippen molar-refractivity contribution in [1.29, 1.82) is 0 Å². The van der Waals surface area contributed by atoms with Crippen LogP contribution in [0.2, 0.25) is 0 Å². The van der Waals surface area contributed by atoms with E-state index in [1.54, 1.807) is 0 Å². The first-order valence-electron chi connectivity index (χ1n) is 6.24. The highest BCUT2D eigenvalue weighted by Gasteiger charge is 2.20. The van der Waals surface area contributed by atoms with Crippen LogP contribution in [0.5, 0.6) is 0 Å². The first-order valence-corrected chi connectivity index (χ1v) is 6.78. The van der Waals surface area contributed by atoms with E-state index in [0.717, 1.165) is 25.7 Å². The third-order valence-electron chi connectivity index (χ3n) is 3.24. The fraction of sp³-hybridized carbons (Fsp3) is 0.500. The lowest BCUT2D eigenvalue weighted by Gasteiger charge is -2.26. The van der Waals surface area contributed by atoms with E-state index < -0.39 is 0 Å². The summed E-state index contributed by atoms with van der Waals surface area (Å²) in [5, 5.41) is 3.11. The Kier molecular flexibility index (Phi) is 4.43. The Balaban J connectivity index is 2.01. The molecule has 1 aliphatic rings. The van der Waals surface area contributed by atoms with Gasteiger partial charge in [0.15, 0.2) is 0 Å². The van der Waals surface area contributed by atoms with Crippen LogP contribution in [-0.2, 0) is 11.2 Å². The van der Waals surface area contributed by atoms with Crippen LogP contribution in [-0.4, -0.2) is 11.8 Å². The van der Waals surface area contributed by atoms with Gasteiger partial charge in [0, 0.05) is 12.3 Å². The van der Waals surface area contributed by atoms with Crippen LogP contribution < -0.4 is 5.32 Å². The molecule has 1 amide bonds. The van der Waals surface area contributed by atoms with Gasteiger partial charge in [0.2, 0.25) is 5.91 Å². The van der Waals surface area contributed by atoms with Crippen LogP contribution in [0.1, 0.15) is 42.9 Å². The lowest BCUT2D eigenvalue weighted by Crippen LogP contribution is -2.30. The zero-order chi connectivity index (χ0) is 12.1. The second-order valence-corrected chi connectivity index (χ2v) is 4.88. The molecule has 17 heavy (non-hydrogen) atoms. The normalized spacial score (nSPS) is 18.5. The molecule has 2 rings (SSSR count). The zero-order valence-electron chi connectivity index (χ0n) is 9.92. The molecule has 0 saturated heterocycles. The summed E-state index contributed by atoms with van der Waals surface area (Å²) >= 11 is 5.59. The van der Waals surface area contributed by atoms with Crippen LogP contribution in [0.4, 0.5) is 0 Å². The Morgan fingerprint density at radius 3 is 3.06 bits per heavy atom. The molecule has 0 saturated carbocycles. The molecule has 0 fully saturated rings. The summed E-state index contributed by atoms with van der Waals surface area (Å²) in [5.41, 5.74) is 2.67. The number of carbonyl (C=O) groups excluding carboxylic acids is 1. The molecular weight excluding hydrogens is 234 g/mol. The van der Waals surface area contributed by atoms with Gasteiger partial charge in [-0.1, -0.05) is 24.3 Å². The monoisotopic (exact) mass is 251 g/mol. The molecule has 1 aromatic rings. The van der Waals surface area contributed by atoms with Gasteiger partial charge in [0.25, 0.3) is 0 Å². The zero-order valence-corrected chi connectivity index (χ0v) is 10.7. The molecule has 0 aromatic heterocycles. The van der Waals surface area contributed by atoms with Crippen LogP contribution in [0.15, 0.2) is 24.3 Å². The minimum Gasteiger partial charge on any atom is -0.349 e. The molecule has 0 spiro atoms. The Bertz CT molecular complexity index is 392. The highest BCUT2D eigenvalue weighted by molar-refractivity contribution is 6.17. The number of halogens is 1. The molecule has 0 aliphatic heterocycles. The predicted octanol–water partition coefficient (Wildman–Crippen LogP) is 3.20. The second kappa shape index (κ2) is 6.06. The van der Waals surface area contributed by atoms with Crippen LogP contribution in [0.3, 0.4) is 0 Å².